The highest BCUT2D eigenvalue weighted by Gasteiger charge is 2.41. The first kappa shape index (κ1) is 13.8. The summed E-state index contributed by atoms with van der Waals surface area (Å²) < 4.78 is 0. The van der Waals surface area contributed by atoms with Gasteiger partial charge < -0.3 is 15.7 Å². The van der Waals surface area contributed by atoms with Crippen molar-refractivity contribution in [2.24, 2.45) is 17.1 Å². The molecule has 2 rings (SSSR count). The number of hydrogen-bond acceptors (Lipinski definition) is 3. The van der Waals surface area contributed by atoms with E-state index in [1.807, 2.05) is 4.90 Å². The summed E-state index contributed by atoms with van der Waals surface area (Å²) in [4.78, 5) is 14.7. The minimum Gasteiger partial charge on any atom is -0.396 e. The Morgan fingerprint density at radius 1 is 1.28 bits per heavy atom. The zero-order valence-electron chi connectivity index (χ0n) is 11.2. The molecule has 0 radical (unpaired) electrons. The van der Waals surface area contributed by atoms with Crippen molar-refractivity contribution in [1.82, 2.24) is 4.90 Å². The fourth-order valence-corrected chi connectivity index (χ4v) is 3.47. The number of likely N-dealkylation sites (tertiary alicyclic amines) is 1. The van der Waals surface area contributed by atoms with Gasteiger partial charge in [0.2, 0.25) is 5.91 Å². The summed E-state index contributed by atoms with van der Waals surface area (Å²) in [6.07, 6.45) is 7.42. The fraction of sp³-hybridized carbons (Fsp3) is 0.929. The molecule has 1 amide bonds. The molecule has 1 saturated carbocycles. The molecule has 0 aromatic rings. The molecular formula is C14H26N2O2. The Balaban J connectivity index is 2.04. The van der Waals surface area contributed by atoms with Crippen molar-refractivity contribution in [3.63, 3.8) is 0 Å². The van der Waals surface area contributed by atoms with E-state index in [2.05, 4.69) is 0 Å². The first-order valence-corrected chi connectivity index (χ1v) is 7.32. The number of hydrogen-bond donors (Lipinski definition) is 2. The van der Waals surface area contributed by atoms with Crippen molar-refractivity contribution in [1.29, 1.82) is 0 Å². The maximum Gasteiger partial charge on any atom is 0.230 e. The summed E-state index contributed by atoms with van der Waals surface area (Å²) >= 11 is 0. The molecule has 1 aliphatic heterocycles. The van der Waals surface area contributed by atoms with Gasteiger partial charge in [0.15, 0.2) is 0 Å². The van der Waals surface area contributed by atoms with Gasteiger partial charge in [0.1, 0.15) is 0 Å². The second kappa shape index (κ2) is 6.02. The van der Waals surface area contributed by atoms with E-state index in [0.717, 1.165) is 51.6 Å². The topological polar surface area (TPSA) is 66.6 Å². The lowest BCUT2D eigenvalue weighted by Crippen LogP contribution is -2.52. The van der Waals surface area contributed by atoms with Crippen LogP contribution in [0.3, 0.4) is 0 Å². The molecule has 0 bridgehead atoms. The number of nitrogens with zero attached hydrogens (tertiary/aromatic N) is 1. The zero-order valence-corrected chi connectivity index (χ0v) is 11.2. The molecular weight excluding hydrogens is 228 g/mol. The van der Waals surface area contributed by atoms with Crippen LogP contribution in [-0.2, 0) is 4.79 Å². The van der Waals surface area contributed by atoms with E-state index in [1.165, 1.54) is 6.42 Å². The van der Waals surface area contributed by atoms with Crippen LogP contribution in [0.1, 0.15) is 44.9 Å². The molecule has 104 valence electrons. The molecule has 2 aliphatic rings. The van der Waals surface area contributed by atoms with E-state index in [1.54, 1.807) is 0 Å². The first-order chi connectivity index (χ1) is 8.72. The Labute approximate surface area is 110 Å². The average molecular weight is 254 g/mol. The van der Waals surface area contributed by atoms with Gasteiger partial charge in [-0.05, 0) is 31.6 Å². The van der Waals surface area contributed by atoms with Crippen LogP contribution in [0.2, 0.25) is 0 Å². The highest BCUT2D eigenvalue weighted by molar-refractivity contribution is 5.83. The number of aliphatic hydroxyl groups excluding tert-OH is 1. The fourth-order valence-electron chi connectivity index (χ4n) is 3.47. The maximum absolute atomic E-state index is 12.7. The van der Waals surface area contributed by atoms with Crippen molar-refractivity contribution in [2.75, 3.05) is 26.2 Å². The monoisotopic (exact) mass is 254 g/mol. The predicted molar refractivity (Wildman–Crippen MR) is 71.0 cm³/mol. The first-order valence-electron chi connectivity index (χ1n) is 7.32. The third-order valence-corrected chi connectivity index (χ3v) is 4.72. The van der Waals surface area contributed by atoms with Gasteiger partial charge in [-0.25, -0.2) is 0 Å². The van der Waals surface area contributed by atoms with Crippen molar-refractivity contribution in [3.05, 3.63) is 0 Å². The zero-order chi connectivity index (χ0) is 13.0. The van der Waals surface area contributed by atoms with Crippen LogP contribution < -0.4 is 5.73 Å². The average Bonchev–Trinajstić information content (AvgIpc) is 2.47. The summed E-state index contributed by atoms with van der Waals surface area (Å²) in [6.45, 7) is 2.24. The van der Waals surface area contributed by atoms with E-state index >= 15 is 0 Å². The van der Waals surface area contributed by atoms with Crippen molar-refractivity contribution >= 4 is 5.91 Å². The normalized spacial score (nSPS) is 28.1. The summed E-state index contributed by atoms with van der Waals surface area (Å²) in [5.41, 5.74) is 5.62. The number of amides is 1. The van der Waals surface area contributed by atoms with Crippen LogP contribution in [0.25, 0.3) is 0 Å². The molecule has 0 aromatic carbocycles. The van der Waals surface area contributed by atoms with Gasteiger partial charge in [0.05, 0.1) is 5.41 Å². The van der Waals surface area contributed by atoms with Crippen molar-refractivity contribution in [3.8, 4) is 0 Å². The highest BCUT2D eigenvalue weighted by Crippen LogP contribution is 2.37. The van der Waals surface area contributed by atoms with Gasteiger partial charge in [0, 0.05) is 26.2 Å². The Kier molecular flexibility index (Phi) is 4.62. The van der Waals surface area contributed by atoms with Crippen LogP contribution in [0.4, 0.5) is 0 Å². The van der Waals surface area contributed by atoms with Crippen LogP contribution in [0, 0.1) is 11.3 Å². The van der Waals surface area contributed by atoms with Gasteiger partial charge in [0.25, 0.3) is 0 Å². The molecule has 2 fully saturated rings. The smallest absolute Gasteiger partial charge is 0.230 e. The van der Waals surface area contributed by atoms with E-state index < -0.39 is 0 Å². The van der Waals surface area contributed by atoms with E-state index in [-0.39, 0.29) is 23.8 Å². The van der Waals surface area contributed by atoms with Gasteiger partial charge in [-0.15, -0.1) is 0 Å². The van der Waals surface area contributed by atoms with Gasteiger partial charge in [-0.1, -0.05) is 19.3 Å². The number of carbonyl (C=O) groups excluding carboxylic acids is 1. The molecule has 4 nitrogen and oxygen atoms in total. The molecule has 0 spiro atoms. The number of rotatable bonds is 3. The molecule has 1 heterocycles. The minimum atomic E-state index is -0.296. The number of aliphatic hydroxyl groups is 1. The third-order valence-electron chi connectivity index (χ3n) is 4.72. The Hall–Kier alpha value is -0.610. The second-order valence-electron chi connectivity index (χ2n) is 5.99. The molecule has 1 unspecified atom stereocenters. The largest absolute Gasteiger partial charge is 0.396 e. The lowest BCUT2D eigenvalue weighted by Gasteiger charge is -2.41. The second-order valence-corrected chi connectivity index (χ2v) is 5.99. The molecule has 1 aliphatic carbocycles. The quantitative estimate of drug-likeness (QED) is 0.793. The molecule has 3 N–H and O–H groups in total. The van der Waals surface area contributed by atoms with Crippen molar-refractivity contribution < 1.29 is 9.90 Å². The van der Waals surface area contributed by atoms with Crippen LogP contribution in [0.5, 0.6) is 0 Å². The number of nitrogens with two attached hydrogens (primary N) is 1. The van der Waals surface area contributed by atoms with Gasteiger partial charge in [-0.3, -0.25) is 4.79 Å². The van der Waals surface area contributed by atoms with Crippen LogP contribution in [0.15, 0.2) is 0 Å². The summed E-state index contributed by atoms with van der Waals surface area (Å²) in [5, 5.41) is 9.26. The number of piperidine rings is 1. The lowest BCUT2D eigenvalue weighted by atomic mass is 9.72. The lowest BCUT2D eigenvalue weighted by molar-refractivity contribution is -0.145. The van der Waals surface area contributed by atoms with Crippen LogP contribution >= 0.6 is 0 Å². The van der Waals surface area contributed by atoms with E-state index in [4.69, 9.17) is 5.73 Å². The van der Waals surface area contributed by atoms with Gasteiger partial charge in [-0.2, -0.15) is 0 Å². The summed E-state index contributed by atoms with van der Waals surface area (Å²) in [5.74, 6) is 0.518. The Morgan fingerprint density at radius 2 is 2.00 bits per heavy atom. The molecule has 1 atom stereocenters. The minimum absolute atomic E-state index is 0.194. The number of carbonyl (C=O) groups is 1. The molecule has 18 heavy (non-hydrogen) atoms. The molecule has 1 saturated heterocycles. The maximum atomic E-state index is 12.7. The summed E-state index contributed by atoms with van der Waals surface area (Å²) in [7, 11) is 0. The SMILES string of the molecule is NCC1(C(=O)N2CCCC(CO)C2)CCCCC1. The summed E-state index contributed by atoms with van der Waals surface area (Å²) in [6, 6.07) is 0. The van der Waals surface area contributed by atoms with E-state index in [9.17, 15) is 9.90 Å². The van der Waals surface area contributed by atoms with Gasteiger partial charge >= 0.3 is 0 Å². The predicted octanol–water partition coefficient (Wildman–Crippen LogP) is 1.13. The highest BCUT2D eigenvalue weighted by atomic mass is 16.3. The Morgan fingerprint density at radius 3 is 2.61 bits per heavy atom. The third kappa shape index (κ3) is 2.69. The van der Waals surface area contributed by atoms with Crippen LogP contribution in [-0.4, -0.2) is 42.2 Å². The van der Waals surface area contributed by atoms with Crippen molar-refractivity contribution in [2.45, 2.75) is 44.9 Å². The standard InChI is InChI=1S/C14H26N2O2/c15-11-14(6-2-1-3-7-14)13(18)16-8-4-5-12(9-16)10-17/h12,17H,1-11,15H2. The Bertz CT molecular complexity index is 288. The molecule has 0 aromatic heterocycles. The molecule has 4 heteroatoms. The van der Waals surface area contributed by atoms with E-state index in [0.29, 0.717) is 6.54 Å².